The van der Waals surface area contributed by atoms with Gasteiger partial charge in [-0.15, -0.1) is 0 Å². The molecule has 0 fully saturated rings. The quantitative estimate of drug-likeness (QED) is 0.609. The molecule has 0 aliphatic carbocycles. The van der Waals surface area contributed by atoms with Gasteiger partial charge in [-0.2, -0.15) is 0 Å². The minimum Gasteiger partial charge on any atom is -0.289 e. The van der Waals surface area contributed by atoms with E-state index in [-0.39, 0.29) is 35.3 Å². The van der Waals surface area contributed by atoms with Crippen LogP contribution in [0.25, 0.3) is 0 Å². The monoisotopic (exact) mass is 242 g/mol. The van der Waals surface area contributed by atoms with Crippen LogP contribution in [0.4, 0.5) is 0 Å². The molecule has 2 aromatic carbocycles. The number of hydrogen-bond donors (Lipinski definition) is 0. The summed E-state index contributed by atoms with van der Waals surface area (Å²) in [7, 11) is 0. The Bertz CT molecular complexity index is 761. The molecule has 0 heterocycles. The zero-order chi connectivity index (χ0) is 18.0. The molecule has 2 aromatic rings. The van der Waals surface area contributed by atoms with Crippen LogP contribution < -0.4 is 0 Å². The van der Waals surface area contributed by atoms with Gasteiger partial charge in [-0.1, -0.05) is 60.6 Å². The summed E-state index contributed by atoms with van der Waals surface area (Å²) in [6.45, 7) is 0. The predicted octanol–water partition coefficient (Wildman–Crippen LogP) is 3.31. The van der Waals surface area contributed by atoms with Gasteiger partial charge in [-0.3, -0.25) is 9.59 Å². The van der Waals surface area contributed by atoms with Crippen LogP contribution in [-0.2, 0) is 0 Å². The Morgan fingerprint density at radius 1 is 0.778 bits per heavy atom. The lowest BCUT2D eigenvalue weighted by Crippen LogP contribution is -1.97. The highest BCUT2D eigenvalue weighted by atomic mass is 16.1. The standard InChI is InChI=1S/C16H12O2/c17-15(13-7-3-1-4-8-13)11-12-16(18)14-9-5-2-6-10-14/h1-12H/b12-11+/i7D,8D,9D,10D,11D,12D. The molecule has 0 atom stereocenters. The van der Waals surface area contributed by atoms with Crippen molar-refractivity contribution in [2.24, 2.45) is 0 Å². The van der Waals surface area contributed by atoms with E-state index in [1.165, 1.54) is 36.4 Å². The highest BCUT2D eigenvalue weighted by molar-refractivity contribution is 6.11. The summed E-state index contributed by atoms with van der Waals surface area (Å²) in [6, 6.07) is 4.82. The first-order valence-electron chi connectivity index (χ1n) is 8.15. The predicted molar refractivity (Wildman–Crippen MR) is 70.7 cm³/mol. The first-order chi connectivity index (χ1) is 11.3. The molecule has 2 nitrogen and oxygen atoms in total. The van der Waals surface area contributed by atoms with Crippen LogP contribution in [0.15, 0.2) is 72.7 Å². The van der Waals surface area contributed by atoms with E-state index in [0.717, 1.165) is 0 Å². The van der Waals surface area contributed by atoms with Gasteiger partial charge in [0.15, 0.2) is 11.6 Å². The molecule has 0 aromatic heterocycles. The minimum absolute atomic E-state index is 0.278. The first kappa shape index (κ1) is 6.45. The second-order valence-electron chi connectivity index (χ2n) is 3.29. The average Bonchev–Trinajstić information content (AvgIpc) is 2.52. The molecule has 0 unspecified atom stereocenters. The maximum atomic E-state index is 12.3. The molecule has 2 heteroatoms. The second-order valence-corrected chi connectivity index (χ2v) is 3.29. The fraction of sp³-hybridized carbons (Fsp3) is 0. The van der Waals surface area contributed by atoms with E-state index >= 15 is 0 Å². The third-order valence-electron chi connectivity index (χ3n) is 2.04. The largest absolute Gasteiger partial charge is 0.289 e. The molecular weight excluding hydrogens is 224 g/mol. The van der Waals surface area contributed by atoms with Crippen molar-refractivity contribution in [1.82, 2.24) is 0 Å². The zero-order valence-corrected chi connectivity index (χ0v) is 9.28. The lowest BCUT2D eigenvalue weighted by molar-refractivity contribution is 0.102. The first-order valence-corrected chi connectivity index (χ1v) is 5.15. The second kappa shape index (κ2) is 5.73. The Hall–Kier alpha value is -2.48. The molecule has 0 aliphatic heterocycles. The minimum atomic E-state index is -1.09. The lowest BCUT2D eigenvalue weighted by atomic mass is 10.1. The molecular formula is C16H12O2. The van der Waals surface area contributed by atoms with Gasteiger partial charge < -0.3 is 0 Å². The van der Waals surface area contributed by atoms with E-state index < -0.39 is 23.7 Å². The summed E-state index contributed by atoms with van der Waals surface area (Å²) < 4.78 is 46.2. The maximum Gasteiger partial charge on any atom is 0.185 e. The van der Waals surface area contributed by atoms with E-state index in [0.29, 0.717) is 0 Å². The van der Waals surface area contributed by atoms with Crippen LogP contribution in [0.2, 0.25) is 0 Å². The summed E-state index contributed by atoms with van der Waals surface area (Å²) in [5, 5.41) is 0. The summed E-state index contributed by atoms with van der Waals surface area (Å²) >= 11 is 0. The van der Waals surface area contributed by atoms with Crippen molar-refractivity contribution in [2.45, 2.75) is 0 Å². The molecule has 0 spiro atoms. The van der Waals surface area contributed by atoms with Gasteiger partial charge in [0.05, 0.1) is 8.22 Å². The van der Waals surface area contributed by atoms with Gasteiger partial charge >= 0.3 is 0 Å². The molecule has 0 aliphatic rings. The van der Waals surface area contributed by atoms with E-state index in [9.17, 15) is 9.59 Å². The fourth-order valence-electron chi connectivity index (χ4n) is 1.21. The zero-order valence-electron chi connectivity index (χ0n) is 15.3. The lowest BCUT2D eigenvalue weighted by Gasteiger charge is -1.95. The van der Waals surface area contributed by atoms with Crippen LogP contribution in [0.1, 0.15) is 28.9 Å². The highest BCUT2D eigenvalue weighted by Gasteiger charge is 2.03. The Balaban J connectivity index is 2.51. The van der Waals surface area contributed by atoms with Crippen LogP contribution in [0, 0.1) is 0 Å². The number of allylic oxidation sites excluding steroid dienone is 2. The Labute approximate surface area is 114 Å². The molecule has 2 rings (SSSR count). The highest BCUT2D eigenvalue weighted by Crippen LogP contribution is 2.04. The third-order valence-corrected chi connectivity index (χ3v) is 2.04. The SMILES string of the molecule is [2H]/C(C(=O)c1c([2H])cccc1[2H])=C(/[2H])C(=O)c1c([2H])cccc1[2H]. The Kier molecular flexibility index (Phi) is 2.05. The van der Waals surface area contributed by atoms with Gasteiger partial charge in [0, 0.05) is 11.1 Å². The van der Waals surface area contributed by atoms with E-state index in [1.807, 2.05) is 0 Å². The van der Waals surface area contributed by atoms with Crippen molar-refractivity contribution in [3.8, 4) is 0 Å². The smallest absolute Gasteiger partial charge is 0.185 e. The number of ketones is 2. The van der Waals surface area contributed by atoms with Crippen LogP contribution in [0.3, 0.4) is 0 Å². The van der Waals surface area contributed by atoms with Gasteiger partial charge in [0.1, 0.15) is 0 Å². The van der Waals surface area contributed by atoms with E-state index in [1.54, 1.807) is 0 Å². The number of carbonyl (C=O) groups is 2. The van der Waals surface area contributed by atoms with Gasteiger partial charge in [0.2, 0.25) is 0 Å². The fourth-order valence-corrected chi connectivity index (χ4v) is 1.21. The molecule has 18 heavy (non-hydrogen) atoms. The van der Waals surface area contributed by atoms with Crippen molar-refractivity contribution in [3.63, 3.8) is 0 Å². The van der Waals surface area contributed by atoms with Gasteiger partial charge in [0.25, 0.3) is 0 Å². The van der Waals surface area contributed by atoms with Crippen LogP contribution in [0.5, 0.6) is 0 Å². The summed E-state index contributed by atoms with van der Waals surface area (Å²) in [6.07, 6.45) is 0. The van der Waals surface area contributed by atoms with Crippen LogP contribution in [-0.4, -0.2) is 11.6 Å². The number of carbonyl (C=O) groups excluding carboxylic acids is 2. The number of benzene rings is 2. The van der Waals surface area contributed by atoms with Gasteiger partial charge in [-0.25, -0.2) is 0 Å². The Morgan fingerprint density at radius 3 is 1.44 bits per heavy atom. The molecule has 0 saturated carbocycles. The topological polar surface area (TPSA) is 34.1 Å². The van der Waals surface area contributed by atoms with Crippen LogP contribution >= 0.6 is 0 Å². The van der Waals surface area contributed by atoms with Crippen molar-refractivity contribution in [1.29, 1.82) is 0 Å². The van der Waals surface area contributed by atoms with E-state index in [2.05, 4.69) is 0 Å². The maximum absolute atomic E-state index is 12.3. The average molecular weight is 242 g/mol. The van der Waals surface area contributed by atoms with Crippen molar-refractivity contribution in [3.05, 3.63) is 83.8 Å². The number of hydrogen-bond acceptors (Lipinski definition) is 2. The molecule has 0 radical (unpaired) electrons. The summed E-state index contributed by atoms with van der Waals surface area (Å²) in [5.74, 6) is -2.17. The molecule has 0 bridgehead atoms. The molecule has 88 valence electrons. The van der Waals surface area contributed by atoms with E-state index in [4.69, 9.17) is 8.22 Å². The van der Waals surface area contributed by atoms with Crippen molar-refractivity contribution >= 4 is 11.6 Å². The summed E-state index contributed by atoms with van der Waals surface area (Å²) in [4.78, 5) is 24.6. The molecule has 0 saturated heterocycles. The molecule has 0 N–H and O–H groups in total. The Morgan fingerprint density at radius 2 is 1.11 bits per heavy atom. The molecule has 0 amide bonds. The summed E-state index contributed by atoms with van der Waals surface area (Å²) in [5.41, 5.74) is -0.740. The normalized spacial score (nSPS) is 16.2. The van der Waals surface area contributed by atoms with Crippen molar-refractivity contribution in [2.75, 3.05) is 0 Å². The third kappa shape index (κ3) is 3.01. The number of rotatable bonds is 4. The van der Waals surface area contributed by atoms with Crippen molar-refractivity contribution < 1.29 is 17.8 Å². The van der Waals surface area contributed by atoms with Gasteiger partial charge in [-0.05, 0) is 12.1 Å².